The van der Waals surface area contributed by atoms with Crippen molar-refractivity contribution >= 4 is 9.84 Å². The Balaban J connectivity index is 2.43. The number of alkyl halides is 2. The van der Waals surface area contributed by atoms with E-state index in [4.69, 9.17) is 0 Å². The molecule has 8 heteroatoms. The molecular weight excluding hydrogens is 278 g/mol. The zero-order chi connectivity index (χ0) is 14.1. The molecule has 0 amide bonds. The van der Waals surface area contributed by atoms with Gasteiger partial charge in [0.25, 0.3) is 9.84 Å². The van der Waals surface area contributed by atoms with E-state index in [1.807, 2.05) is 0 Å². The second-order valence-corrected chi connectivity index (χ2v) is 6.41. The van der Waals surface area contributed by atoms with Crippen LogP contribution in [-0.2, 0) is 9.84 Å². The van der Waals surface area contributed by atoms with Crippen molar-refractivity contribution in [1.82, 2.24) is 10.3 Å². The molecule has 0 unspecified atom stereocenters. The Hall–Kier alpha value is -1.12. The summed E-state index contributed by atoms with van der Waals surface area (Å²) in [6, 6.07) is 3.73. The van der Waals surface area contributed by atoms with Crippen molar-refractivity contribution in [2.24, 2.45) is 0 Å². The summed E-state index contributed by atoms with van der Waals surface area (Å²) in [4.78, 5) is 3.45. The third-order valence-corrected chi connectivity index (χ3v) is 5.07. The molecule has 0 saturated carbocycles. The zero-order valence-electron chi connectivity index (χ0n) is 10.0. The summed E-state index contributed by atoms with van der Waals surface area (Å²) in [6.45, 7) is 0.285. The molecule has 2 heterocycles. The fourth-order valence-electron chi connectivity index (χ4n) is 2.02. The van der Waals surface area contributed by atoms with Gasteiger partial charge in [0.05, 0.1) is 0 Å². The Morgan fingerprint density at radius 1 is 1.32 bits per heavy atom. The minimum Gasteiger partial charge on any atom is -0.382 e. The first-order valence-corrected chi connectivity index (χ1v) is 7.26. The van der Waals surface area contributed by atoms with Crippen molar-refractivity contribution in [2.45, 2.75) is 28.7 Å². The summed E-state index contributed by atoms with van der Waals surface area (Å²) in [5.74, 6) is 0. The van der Waals surface area contributed by atoms with Crippen LogP contribution in [0.15, 0.2) is 29.4 Å². The Morgan fingerprint density at radius 3 is 2.47 bits per heavy atom. The molecule has 2 N–H and O–H groups in total. The van der Waals surface area contributed by atoms with Crippen molar-refractivity contribution in [3.05, 3.63) is 24.4 Å². The topological polar surface area (TPSA) is 79.3 Å². The van der Waals surface area contributed by atoms with Gasteiger partial charge in [0.1, 0.15) is 5.60 Å². The summed E-state index contributed by atoms with van der Waals surface area (Å²) in [7, 11) is -5.02. The lowest BCUT2D eigenvalue weighted by Crippen LogP contribution is -2.57. The number of aliphatic hydroxyl groups is 1. The molecule has 0 bridgehead atoms. The Bertz CT molecular complexity index is 542. The van der Waals surface area contributed by atoms with Crippen LogP contribution in [0.4, 0.5) is 8.78 Å². The smallest absolute Gasteiger partial charge is 0.379 e. The molecule has 2 rings (SSSR count). The van der Waals surface area contributed by atoms with Gasteiger partial charge in [-0.05, 0) is 38.1 Å². The van der Waals surface area contributed by atoms with Gasteiger partial charge in [-0.2, -0.15) is 8.78 Å². The quantitative estimate of drug-likeness (QED) is 0.851. The molecule has 0 radical (unpaired) electrons. The monoisotopic (exact) mass is 292 g/mol. The van der Waals surface area contributed by atoms with E-state index in [0.29, 0.717) is 0 Å². The third kappa shape index (κ3) is 2.24. The van der Waals surface area contributed by atoms with Crippen LogP contribution in [0.3, 0.4) is 0 Å². The molecule has 1 saturated heterocycles. The predicted octanol–water partition coefficient (Wildman–Crippen LogP) is 0.563. The van der Waals surface area contributed by atoms with Gasteiger partial charge in [-0.1, -0.05) is 6.07 Å². The van der Waals surface area contributed by atoms with Gasteiger partial charge in [-0.15, -0.1) is 0 Å². The molecule has 1 aliphatic heterocycles. The van der Waals surface area contributed by atoms with E-state index in [1.54, 1.807) is 0 Å². The second-order valence-electron chi connectivity index (χ2n) is 4.47. The van der Waals surface area contributed by atoms with Crippen molar-refractivity contribution in [3.63, 3.8) is 0 Å². The normalized spacial score (nSPS) is 20.2. The van der Waals surface area contributed by atoms with Crippen molar-refractivity contribution in [3.8, 4) is 0 Å². The number of nitrogens with one attached hydrogen (secondary N) is 1. The van der Waals surface area contributed by atoms with Gasteiger partial charge in [0.15, 0.2) is 5.03 Å². The van der Waals surface area contributed by atoms with E-state index in [0.717, 1.165) is 12.3 Å². The summed E-state index contributed by atoms with van der Waals surface area (Å²) in [5.41, 5.74) is -2.56. The lowest BCUT2D eigenvalue weighted by molar-refractivity contribution is -0.140. The van der Waals surface area contributed by atoms with E-state index < -0.39 is 25.7 Å². The summed E-state index contributed by atoms with van der Waals surface area (Å²) >= 11 is 0. The SMILES string of the molecule is O=S(=O)(c1ccccn1)C(F)(F)C1(O)CCNCC1. The van der Waals surface area contributed by atoms with E-state index >= 15 is 0 Å². The number of hydrogen-bond donors (Lipinski definition) is 2. The maximum Gasteiger partial charge on any atom is 0.379 e. The first kappa shape index (κ1) is 14.3. The molecule has 1 fully saturated rings. The largest absolute Gasteiger partial charge is 0.382 e. The fourth-order valence-corrected chi connectivity index (χ4v) is 3.44. The molecule has 0 aromatic carbocycles. The first-order valence-electron chi connectivity index (χ1n) is 5.78. The average molecular weight is 292 g/mol. The summed E-state index contributed by atoms with van der Waals surface area (Å²) < 4.78 is 52.4. The van der Waals surface area contributed by atoms with Crippen LogP contribution in [0.2, 0.25) is 0 Å². The highest BCUT2D eigenvalue weighted by Crippen LogP contribution is 2.42. The lowest BCUT2D eigenvalue weighted by atomic mass is 9.93. The molecular formula is C11H14F2N2O3S. The highest BCUT2D eigenvalue weighted by Gasteiger charge is 2.62. The zero-order valence-corrected chi connectivity index (χ0v) is 10.8. The number of aromatic nitrogens is 1. The minimum absolute atomic E-state index is 0.143. The van der Waals surface area contributed by atoms with Gasteiger partial charge in [0.2, 0.25) is 0 Å². The maximum absolute atomic E-state index is 14.3. The van der Waals surface area contributed by atoms with Crippen LogP contribution in [-0.4, -0.2) is 42.5 Å². The number of piperidine rings is 1. The van der Waals surface area contributed by atoms with Crippen LogP contribution in [0.1, 0.15) is 12.8 Å². The molecule has 19 heavy (non-hydrogen) atoms. The van der Waals surface area contributed by atoms with Crippen LogP contribution in [0.25, 0.3) is 0 Å². The molecule has 1 aromatic heterocycles. The van der Waals surface area contributed by atoms with Crippen LogP contribution < -0.4 is 5.32 Å². The van der Waals surface area contributed by atoms with E-state index in [2.05, 4.69) is 10.3 Å². The van der Waals surface area contributed by atoms with Crippen molar-refractivity contribution in [1.29, 1.82) is 0 Å². The maximum atomic E-state index is 14.3. The van der Waals surface area contributed by atoms with Gasteiger partial charge in [-0.25, -0.2) is 13.4 Å². The van der Waals surface area contributed by atoms with Gasteiger partial charge < -0.3 is 10.4 Å². The number of pyridine rings is 1. The Morgan fingerprint density at radius 2 is 1.95 bits per heavy atom. The average Bonchev–Trinajstić information content (AvgIpc) is 2.40. The number of nitrogens with zero attached hydrogens (tertiary/aromatic N) is 1. The van der Waals surface area contributed by atoms with Crippen molar-refractivity contribution in [2.75, 3.05) is 13.1 Å². The van der Waals surface area contributed by atoms with E-state index in [9.17, 15) is 22.3 Å². The second kappa shape index (κ2) is 4.77. The highest BCUT2D eigenvalue weighted by atomic mass is 32.2. The third-order valence-electron chi connectivity index (χ3n) is 3.22. The molecule has 0 aliphatic carbocycles. The van der Waals surface area contributed by atoms with Gasteiger partial charge in [0, 0.05) is 6.20 Å². The lowest BCUT2D eigenvalue weighted by Gasteiger charge is -2.37. The highest BCUT2D eigenvalue weighted by molar-refractivity contribution is 7.92. The Labute approximate surface area is 109 Å². The van der Waals surface area contributed by atoms with E-state index in [1.165, 1.54) is 12.1 Å². The van der Waals surface area contributed by atoms with Crippen LogP contribution >= 0.6 is 0 Å². The molecule has 0 atom stereocenters. The first-order chi connectivity index (χ1) is 8.81. The standard InChI is InChI=1S/C11H14F2N2O3S/c12-11(13,10(16)4-7-14-8-5-10)19(17,18)9-3-1-2-6-15-9/h1-3,6,14,16H,4-5,7-8H2. The van der Waals surface area contributed by atoms with Gasteiger partial charge in [-0.3, -0.25) is 0 Å². The molecule has 1 aromatic rings. The van der Waals surface area contributed by atoms with Crippen LogP contribution in [0.5, 0.6) is 0 Å². The number of hydrogen-bond acceptors (Lipinski definition) is 5. The van der Waals surface area contributed by atoms with Gasteiger partial charge >= 0.3 is 5.25 Å². The predicted molar refractivity (Wildman–Crippen MR) is 63.4 cm³/mol. The molecule has 106 valence electrons. The molecule has 0 spiro atoms. The number of halogens is 2. The Kier molecular flexibility index (Phi) is 3.59. The van der Waals surface area contributed by atoms with E-state index in [-0.39, 0.29) is 25.9 Å². The molecule has 5 nitrogen and oxygen atoms in total. The number of rotatable bonds is 3. The fraction of sp³-hybridized carbons (Fsp3) is 0.545. The molecule has 1 aliphatic rings. The summed E-state index contributed by atoms with van der Waals surface area (Å²) in [5, 5.41) is 7.80. The van der Waals surface area contributed by atoms with Crippen molar-refractivity contribution < 1.29 is 22.3 Å². The minimum atomic E-state index is -5.02. The van der Waals surface area contributed by atoms with Crippen LogP contribution in [0, 0.1) is 0 Å². The number of sulfone groups is 1. The summed E-state index contributed by atoms with van der Waals surface area (Å²) in [6.07, 6.45) is 0.466.